The molecule has 2 atom stereocenters. The monoisotopic (exact) mass is 298 g/mol. The molecular formula is C16H17F3O2. The van der Waals surface area contributed by atoms with Crippen molar-refractivity contribution in [1.29, 1.82) is 0 Å². The molecule has 2 unspecified atom stereocenters. The van der Waals surface area contributed by atoms with Gasteiger partial charge in [-0.2, -0.15) is 13.2 Å². The molecule has 0 saturated heterocycles. The van der Waals surface area contributed by atoms with Gasteiger partial charge in [0.2, 0.25) is 0 Å². The van der Waals surface area contributed by atoms with Crippen LogP contribution in [0.4, 0.5) is 13.2 Å². The van der Waals surface area contributed by atoms with E-state index in [9.17, 15) is 18.0 Å². The fraction of sp³-hybridized carbons (Fsp3) is 0.438. The number of rotatable bonds is 4. The number of hydrogen-bond donors (Lipinski definition) is 0. The third-order valence-corrected chi connectivity index (χ3v) is 3.84. The van der Waals surface area contributed by atoms with E-state index in [0.29, 0.717) is 18.4 Å². The van der Waals surface area contributed by atoms with Crippen LogP contribution in [0.3, 0.4) is 0 Å². The van der Waals surface area contributed by atoms with E-state index in [1.54, 1.807) is 0 Å². The lowest BCUT2D eigenvalue weighted by molar-refractivity contribution is -0.137. The largest absolute Gasteiger partial charge is 0.493 e. The molecule has 0 aliphatic heterocycles. The van der Waals surface area contributed by atoms with Gasteiger partial charge >= 0.3 is 6.18 Å². The molecule has 0 spiro atoms. The van der Waals surface area contributed by atoms with Crippen molar-refractivity contribution in [2.75, 3.05) is 6.61 Å². The Labute approximate surface area is 121 Å². The summed E-state index contributed by atoms with van der Waals surface area (Å²) in [5.74, 6) is 0.899. The summed E-state index contributed by atoms with van der Waals surface area (Å²) in [7, 11) is 0. The number of halogens is 3. The summed E-state index contributed by atoms with van der Waals surface area (Å²) in [4.78, 5) is 10.7. The van der Waals surface area contributed by atoms with E-state index < -0.39 is 11.7 Å². The van der Waals surface area contributed by atoms with Crippen molar-refractivity contribution in [3.05, 3.63) is 41.5 Å². The number of allylic oxidation sites excluding steroid dienone is 2. The molecule has 1 aromatic rings. The Kier molecular flexibility index (Phi) is 4.70. The van der Waals surface area contributed by atoms with Gasteiger partial charge in [-0.05, 0) is 42.9 Å². The van der Waals surface area contributed by atoms with E-state index in [0.717, 1.165) is 25.0 Å². The highest BCUT2D eigenvalue weighted by Crippen LogP contribution is 2.34. The van der Waals surface area contributed by atoms with Gasteiger partial charge in [0.05, 0.1) is 12.2 Å². The summed E-state index contributed by atoms with van der Waals surface area (Å²) in [6, 6.07) is 3.45. The van der Waals surface area contributed by atoms with Crippen molar-refractivity contribution in [3.63, 3.8) is 0 Å². The summed E-state index contributed by atoms with van der Waals surface area (Å²) in [5.41, 5.74) is -1.32. The fourth-order valence-electron chi connectivity index (χ4n) is 2.42. The molecule has 2 rings (SSSR count). The predicted octanol–water partition coefficient (Wildman–Crippen LogP) is 4.50. The minimum atomic E-state index is -4.56. The van der Waals surface area contributed by atoms with Crippen molar-refractivity contribution in [2.45, 2.75) is 25.9 Å². The van der Waals surface area contributed by atoms with Gasteiger partial charge in [-0.3, -0.25) is 4.79 Å². The summed E-state index contributed by atoms with van der Waals surface area (Å²) >= 11 is 0. The van der Waals surface area contributed by atoms with Crippen LogP contribution in [0.1, 0.15) is 35.7 Å². The number of hydrogen-bond acceptors (Lipinski definition) is 2. The van der Waals surface area contributed by atoms with E-state index in [1.165, 1.54) is 6.07 Å². The van der Waals surface area contributed by atoms with Gasteiger partial charge in [0.1, 0.15) is 5.75 Å². The number of alkyl halides is 3. The molecule has 5 heteroatoms. The second kappa shape index (κ2) is 6.33. The standard InChI is InChI=1S/C16H17F3O2/c1-11-4-2-3-5-13(11)10-21-14-7-6-12(9-20)15(8-14)16(17,18)19/h2-3,6-9,11,13H,4-5,10H2,1H3. The first-order chi connectivity index (χ1) is 9.91. The topological polar surface area (TPSA) is 26.3 Å². The van der Waals surface area contributed by atoms with Crippen LogP contribution in [0.15, 0.2) is 30.4 Å². The van der Waals surface area contributed by atoms with Crippen LogP contribution in [0, 0.1) is 11.8 Å². The smallest absolute Gasteiger partial charge is 0.417 e. The van der Waals surface area contributed by atoms with Crippen molar-refractivity contribution in [1.82, 2.24) is 0 Å². The maximum atomic E-state index is 12.8. The normalized spacial score (nSPS) is 22.1. The van der Waals surface area contributed by atoms with Gasteiger partial charge in [-0.15, -0.1) is 0 Å². The Bertz CT molecular complexity index is 535. The van der Waals surface area contributed by atoms with E-state index >= 15 is 0 Å². The quantitative estimate of drug-likeness (QED) is 0.604. The number of ether oxygens (including phenoxy) is 1. The van der Waals surface area contributed by atoms with Crippen LogP contribution >= 0.6 is 0 Å². The molecule has 0 fully saturated rings. The zero-order valence-corrected chi connectivity index (χ0v) is 11.7. The fourth-order valence-corrected chi connectivity index (χ4v) is 2.42. The average Bonchev–Trinajstić information content (AvgIpc) is 2.45. The number of benzene rings is 1. The van der Waals surface area contributed by atoms with Gasteiger partial charge in [0, 0.05) is 5.56 Å². The number of carbonyl (C=O) groups excluding carboxylic acids is 1. The third-order valence-electron chi connectivity index (χ3n) is 3.84. The third kappa shape index (κ3) is 3.86. The van der Waals surface area contributed by atoms with Crippen LogP contribution in [0.5, 0.6) is 5.75 Å². The van der Waals surface area contributed by atoms with Crippen molar-refractivity contribution in [2.24, 2.45) is 11.8 Å². The molecule has 0 amide bonds. The van der Waals surface area contributed by atoms with Gasteiger partial charge in [0.25, 0.3) is 0 Å². The van der Waals surface area contributed by atoms with Crippen LogP contribution in [0.25, 0.3) is 0 Å². The first-order valence-electron chi connectivity index (χ1n) is 6.86. The molecule has 0 saturated carbocycles. The van der Waals surface area contributed by atoms with Crippen molar-refractivity contribution in [3.8, 4) is 5.75 Å². The summed E-state index contributed by atoms with van der Waals surface area (Å²) in [6.45, 7) is 2.48. The van der Waals surface area contributed by atoms with Gasteiger partial charge < -0.3 is 4.74 Å². The second-order valence-electron chi connectivity index (χ2n) is 5.36. The highest BCUT2D eigenvalue weighted by atomic mass is 19.4. The van der Waals surface area contributed by atoms with Gasteiger partial charge in [0.15, 0.2) is 6.29 Å². The maximum Gasteiger partial charge on any atom is 0.417 e. The summed E-state index contributed by atoms with van der Waals surface area (Å²) < 4.78 is 44.0. The lowest BCUT2D eigenvalue weighted by Gasteiger charge is -2.25. The number of aldehydes is 1. The van der Waals surface area contributed by atoms with Crippen LogP contribution in [0.2, 0.25) is 0 Å². The van der Waals surface area contributed by atoms with Gasteiger partial charge in [-0.1, -0.05) is 19.1 Å². The van der Waals surface area contributed by atoms with E-state index in [4.69, 9.17) is 4.74 Å². The SMILES string of the molecule is CC1CC=CCC1COc1ccc(C=O)c(C(F)(F)F)c1. The first kappa shape index (κ1) is 15.6. The van der Waals surface area contributed by atoms with E-state index in [2.05, 4.69) is 19.1 Å². The molecule has 0 bridgehead atoms. The second-order valence-corrected chi connectivity index (χ2v) is 5.36. The highest BCUT2D eigenvalue weighted by molar-refractivity contribution is 5.78. The molecule has 1 aromatic carbocycles. The van der Waals surface area contributed by atoms with Crippen LogP contribution in [-0.2, 0) is 6.18 Å². The van der Waals surface area contributed by atoms with Gasteiger partial charge in [-0.25, -0.2) is 0 Å². The van der Waals surface area contributed by atoms with E-state index in [1.807, 2.05) is 0 Å². The maximum absolute atomic E-state index is 12.8. The Balaban J connectivity index is 2.10. The Hall–Kier alpha value is -1.78. The molecule has 21 heavy (non-hydrogen) atoms. The summed E-state index contributed by atoms with van der Waals surface area (Å²) in [6.07, 6.45) is 1.68. The van der Waals surface area contributed by atoms with Crippen LogP contribution in [-0.4, -0.2) is 12.9 Å². The van der Waals surface area contributed by atoms with Crippen molar-refractivity contribution < 1.29 is 22.7 Å². The lowest BCUT2D eigenvalue weighted by Crippen LogP contribution is -2.21. The molecule has 114 valence electrons. The molecule has 0 N–H and O–H groups in total. The predicted molar refractivity (Wildman–Crippen MR) is 73.4 cm³/mol. The molecular weight excluding hydrogens is 281 g/mol. The van der Waals surface area contributed by atoms with Crippen LogP contribution < -0.4 is 4.74 Å². The molecule has 1 aliphatic rings. The first-order valence-corrected chi connectivity index (χ1v) is 6.86. The molecule has 1 aliphatic carbocycles. The zero-order chi connectivity index (χ0) is 15.5. The molecule has 0 radical (unpaired) electrons. The van der Waals surface area contributed by atoms with E-state index in [-0.39, 0.29) is 17.6 Å². The molecule has 0 heterocycles. The minimum Gasteiger partial charge on any atom is -0.493 e. The van der Waals surface area contributed by atoms with Crippen molar-refractivity contribution >= 4 is 6.29 Å². The Morgan fingerprint density at radius 3 is 2.62 bits per heavy atom. The molecule has 2 nitrogen and oxygen atoms in total. The lowest BCUT2D eigenvalue weighted by atomic mass is 9.85. The highest BCUT2D eigenvalue weighted by Gasteiger charge is 2.33. The average molecular weight is 298 g/mol. The minimum absolute atomic E-state index is 0.148. The zero-order valence-electron chi connectivity index (χ0n) is 11.7. The summed E-state index contributed by atoms with van der Waals surface area (Å²) in [5, 5.41) is 0. The molecule has 0 aromatic heterocycles. The Morgan fingerprint density at radius 1 is 1.29 bits per heavy atom. The Morgan fingerprint density at radius 2 is 2.00 bits per heavy atom. The number of carbonyl (C=O) groups is 1.